The van der Waals surface area contributed by atoms with Crippen LogP contribution in [0.4, 0.5) is 5.13 Å². The summed E-state index contributed by atoms with van der Waals surface area (Å²) in [4.78, 5) is 16.5. The highest BCUT2D eigenvalue weighted by Gasteiger charge is 2.12. The van der Waals surface area contributed by atoms with Gasteiger partial charge in [0, 0.05) is 6.54 Å². The number of nitrogens with one attached hydrogen (secondary N) is 1. The van der Waals surface area contributed by atoms with E-state index in [2.05, 4.69) is 27.1 Å². The van der Waals surface area contributed by atoms with Crippen molar-refractivity contribution in [1.82, 2.24) is 19.7 Å². The van der Waals surface area contributed by atoms with E-state index in [-0.39, 0.29) is 11.7 Å². The predicted octanol–water partition coefficient (Wildman–Crippen LogP) is 3.11. The van der Waals surface area contributed by atoms with E-state index in [0.29, 0.717) is 16.8 Å². The van der Waals surface area contributed by atoms with Gasteiger partial charge < -0.3 is 9.88 Å². The van der Waals surface area contributed by atoms with Crippen LogP contribution in [0, 0.1) is 6.92 Å². The number of nitrogens with zero attached hydrogens (tertiary/aromatic N) is 4. The first-order chi connectivity index (χ1) is 11.2. The predicted molar refractivity (Wildman–Crippen MR) is 93.9 cm³/mol. The lowest BCUT2D eigenvalue weighted by Crippen LogP contribution is -2.14. The number of hydrogen-bond donors (Lipinski definition) is 1. The number of thioether (sulfide) groups is 1. The van der Waals surface area contributed by atoms with Crippen LogP contribution in [0.2, 0.25) is 0 Å². The maximum Gasteiger partial charge on any atom is 0.236 e. The molecular weight excluding hydrogens is 330 g/mol. The molecule has 1 N–H and O–H groups in total. The molecule has 2 aromatic heterocycles. The highest BCUT2D eigenvalue weighted by molar-refractivity contribution is 7.99. The largest absolute Gasteiger partial charge is 0.302 e. The second-order valence-corrected chi connectivity index (χ2v) is 6.73. The smallest absolute Gasteiger partial charge is 0.236 e. The number of benzene rings is 1. The van der Waals surface area contributed by atoms with Crippen LogP contribution in [0.3, 0.4) is 0 Å². The molecule has 6 nitrogen and oxygen atoms in total. The zero-order chi connectivity index (χ0) is 16.2. The number of fused-ring (bicyclic) bond motifs is 1. The van der Waals surface area contributed by atoms with Crippen LogP contribution >= 0.6 is 23.1 Å². The van der Waals surface area contributed by atoms with Crippen LogP contribution in [0.25, 0.3) is 10.2 Å². The van der Waals surface area contributed by atoms with Gasteiger partial charge in [-0.3, -0.25) is 4.79 Å². The zero-order valence-corrected chi connectivity index (χ0v) is 14.2. The standard InChI is InChI=1S/C15H15N5OS2/c1-3-8-20-10(2)18-19-15(20)22-9-13(21)17-14-16-11-6-4-5-7-12(11)23-14/h3-7H,1,8-9H2,2H3,(H,16,17,21). The minimum atomic E-state index is -0.111. The van der Waals surface area contributed by atoms with Gasteiger partial charge in [-0.15, -0.1) is 16.8 Å². The number of amides is 1. The Morgan fingerprint density at radius 1 is 1.43 bits per heavy atom. The van der Waals surface area contributed by atoms with Crippen LogP contribution in [-0.2, 0) is 11.3 Å². The van der Waals surface area contributed by atoms with Crippen LogP contribution < -0.4 is 5.32 Å². The molecule has 0 aliphatic carbocycles. The molecular formula is C15H15N5OS2. The number of para-hydroxylation sites is 1. The van der Waals surface area contributed by atoms with Gasteiger partial charge >= 0.3 is 0 Å². The van der Waals surface area contributed by atoms with E-state index < -0.39 is 0 Å². The number of hydrogen-bond acceptors (Lipinski definition) is 6. The van der Waals surface area contributed by atoms with Crippen molar-refractivity contribution in [2.75, 3.05) is 11.1 Å². The Morgan fingerprint density at radius 3 is 3.04 bits per heavy atom. The quantitative estimate of drug-likeness (QED) is 0.549. The van der Waals surface area contributed by atoms with Gasteiger partial charge in [-0.25, -0.2) is 4.98 Å². The zero-order valence-electron chi connectivity index (χ0n) is 12.5. The molecule has 0 saturated carbocycles. The number of carbonyl (C=O) groups excluding carboxylic acids is 1. The summed E-state index contributed by atoms with van der Waals surface area (Å²) in [6, 6.07) is 7.80. The van der Waals surface area contributed by atoms with E-state index in [1.807, 2.05) is 35.8 Å². The topological polar surface area (TPSA) is 72.7 Å². The van der Waals surface area contributed by atoms with E-state index in [1.54, 1.807) is 6.08 Å². The second-order valence-electron chi connectivity index (χ2n) is 4.75. The second kappa shape index (κ2) is 6.93. The van der Waals surface area contributed by atoms with E-state index in [1.165, 1.54) is 23.1 Å². The fraction of sp³-hybridized carbons (Fsp3) is 0.200. The van der Waals surface area contributed by atoms with Crippen molar-refractivity contribution < 1.29 is 4.79 Å². The molecule has 2 heterocycles. The number of aromatic nitrogens is 4. The first kappa shape index (κ1) is 15.7. The number of anilines is 1. The molecule has 23 heavy (non-hydrogen) atoms. The molecule has 3 aromatic rings. The molecule has 0 fully saturated rings. The Morgan fingerprint density at radius 2 is 2.26 bits per heavy atom. The average molecular weight is 345 g/mol. The summed E-state index contributed by atoms with van der Waals surface area (Å²) in [5, 5.41) is 12.3. The van der Waals surface area contributed by atoms with Gasteiger partial charge in [-0.2, -0.15) is 0 Å². The lowest BCUT2D eigenvalue weighted by atomic mass is 10.3. The Bertz CT molecular complexity index is 822. The Hall–Kier alpha value is -2.19. The van der Waals surface area contributed by atoms with E-state index in [4.69, 9.17) is 0 Å². The molecule has 3 rings (SSSR count). The van der Waals surface area contributed by atoms with Crippen LogP contribution in [0.5, 0.6) is 0 Å². The van der Waals surface area contributed by atoms with Crippen molar-refractivity contribution in [2.45, 2.75) is 18.6 Å². The number of aryl methyl sites for hydroxylation is 1. The molecule has 0 spiro atoms. The minimum absolute atomic E-state index is 0.111. The first-order valence-electron chi connectivity index (χ1n) is 6.96. The lowest BCUT2D eigenvalue weighted by Gasteiger charge is -2.04. The van der Waals surface area contributed by atoms with E-state index >= 15 is 0 Å². The summed E-state index contributed by atoms with van der Waals surface area (Å²) in [6.07, 6.45) is 1.78. The van der Waals surface area contributed by atoms with Gasteiger partial charge in [0.1, 0.15) is 5.82 Å². The number of rotatable bonds is 6. The maximum atomic E-state index is 12.1. The molecule has 0 atom stereocenters. The molecule has 0 unspecified atom stereocenters. The third kappa shape index (κ3) is 3.59. The molecule has 0 radical (unpaired) electrons. The summed E-state index contributed by atoms with van der Waals surface area (Å²) >= 11 is 2.81. The molecule has 1 amide bonds. The fourth-order valence-electron chi connectivity index (χ4n) is 2.02. The Balaban J connectivity index is 1.62. The fourth-order valence-corrected chi connectivity index (χ4v) is 3.69. The van der Waals surface area contributed by atoms with E-state index in [9.17, 15) is 4.79 Å². The Labute approximate surface area is 141 Å². The van der Waals surface area contributed by atoms with Crippen molar-refractivity contribution in [3.63, 3.8) is 0 Å². The normalized spacial score (nSPS) is 10.8. The molecule has 0 saturated heterocycles. The first-order valence-corrected chi connectivity index (χ1v) is 8.76. The third-order valence-electron chi connectivity index (χ3n) is 3.09. The Kier molecular flexibility index (Phi) is 4.73. The van der Waals surface area contributed by atoms with Crippen molar-refractivity contribution in [3.8, 4) is 0 Å². The van der Waals surface area contributed by atoms with Gasteiger partial charge in [0.15, 0.2) is 10.3 Å². The maximum absolute atomic E-state index is 12.1. The van der Waals surface area contributed by atoms with E-state index in [0.717, 1.165) is 16.0 Å². The van der Waals surface area contributed by atoms with Crippen molar-refractivity contribution in [3.05, 3.63) is 42.7 Å². The summed E-state index contributed by atoms with van der Waals surface area (Å²) in [6.45, 7) is 6.22. The van der Waals surface area contributed by atoms with Gasteiger partial charge in [-0.1, -0.05) is 41.3 Å². The third-order valence-corrected chi connectivity index (χ3v) is 5.00. The molecule has 1 aromatic carbocycles. The molecule has 0 aliphatic rings. The van der Waals surface area contributed by atoms with Gasteiger partial charge in [-0.05, 0) is 19.1 Å². The number of thiazole rings is 1. The van der Waals surface area contributed by atoms with Crippen LogP contribution in [-0.4, -0.2) is 31.4 Å². The average Bonchev–Trinajstić information content (AvgIpc) is 3.09. The summed E-state index contributed by atoms with van der Waals surface area (Å²) < 4.78 is 2.97. The lowest BCUT2D eigenvalue weighted by molar-refractivity contribution is -0.113. The molecule has 0 bridgehead atoms. The minimum Gasteiger partial charge on any atom is -0.302 e. The van der Waals surface area contributed by atoms with Crippen molar-refractivity contribution in [2.24, 2.45) is 0 Å². The summed E-state index contributed by atoms with van der Waals surface area (Å²) in [7, 11) is 0. The van der Waals surface area contributed by atoms with Crippen molar-refractivity contribution in [1.29, 1.82) is 0 Å². The SMILES string of the molecule is C=CCn1c(C)nnc1SCC(=O)Nc1nc2ccccc2s1. The highest BCUT2D eigenvalue weighted by atomic mass is 32.2. The number of carbonyl (C=O) groups is 1. The van der Waals surface area contributed by atoms with Crippen LogP contribution in [0.15, 0.2) is 42.1 Å². The summed E-state index contributed by atoms with van der Waals surface area (Å²) in [5.41, 5.74) is 0.891. The van der Waals surface area contributed by atoms with Crippen molar-refractivity contribution >= 4 is 44.4 Å². The van der Waals surface area contributed by atoms with Gasteiger partial charge in [0.25, 0.3) is 0 Å². The molecule has 118 valence electrons. The molecule has 0 aliphatic heterocycles. The van der Waals surface area contributed by atoms with Crippen LogP contribution in [0.1, 0.15) is 5.82 Å². The van der Waals surface area contributed by atoms with Gasteiger partial charge in [0.2, 0.25) is 5.91 Å². The monoisotopic (exact) mass is 345 g/mol. The summed E-state index contributed by atoms with van der Waals surface area (Å²) in [5.74, 6) is 0.949. The number of allylic oxidation sites excluding steroid dienone is 1. The van der Waals surface area contributed by atoms with Gasteiger partial charge in [0.05, 0.1) is 16.0 Å². The molecule has 8 heteroatoms. The highest BCUT2D eigenvalue weighted by Crippen LogP contribution is 2.25.